The van der Waals surface area contributed by atoms with Crippen LogP contribution in [0.3, 0.4) is 0 Å². The van der Waals surface area contributed by atoms with E-state index in [2.05, 4.69) is 16.0 Å². The summed E-state index contributed by atoms with van der Waals surface area (Å²) in [6.45, 7) is 3.20. The average Bonchev–Trinajstić information content (AvgIpc) is 2.68. The highest BCUT2D eigenvalue weighted by atomic mass is 16.2. The van der Waals surface area contributed by atoms with Gasteiger partial charge < -0.3 is 9.80 Å². The van der Waals surface area contributed by atoms with Gasteiger partial charge in [0.1, 0.15) is 11.9 Å². The Morgan fingerprint density at radius 1 is 1.37 bits per heavy atom. The Labute approximate surface area is 112 Å². The van der Waals surface area contributed by atoms with Crippen LogP contribution in [0, 0.1) is 11.3 Å². The molecule has 2 bridgehead atoms. The molecular weight excluding hydrogens is 240 g/mol. The number of pyridine rings is 1. The summed E-state index contributed by atoms with van der Waals surface area (Å²) in [6.07, 6.45) is 3.83. The molecule has 2 aliphatic rings. The number of piperazine rings is 1. The Morgan fingerprint density at radius 3 is 2.53 bits per heavy atom. The molecule has 1 aromatic heterocycles. The number of nitrogens with zero attached hydrogens (tertiary/aromatic N) is 4. The number of carbonyl (C=O) groups excluding carboxylic acids is 1. The molecule has 2 fully saturated rings. The number of amides is 1. The molecule has 3 rings (SSSR count). The van der Waals surface area contributed by atoms with Crippen LogP contribution in [0.1, 0.15) is 25.3 Å². The normalized spacial score (nSPS) is 25.3. The summed E-state index contributed by atoms with van der Waals surface area (Å²) in [5, 5.41) is 8.80. The molecule has 1 amide bonds. The average molecular weight is 256 g/mol. The lowest BCUT2D eigenvalue weighted by atomic mass is 10.1. The molecule has 0 saturated carbocycles. The maximum atomic E-state index is 11.5. The van der Waals surface area contributed by atoms with Crippen molar-refractivity contribution in [2.45, 2.75) is 31.8 Å². The number of hydrogen-bond acceptors (Lipinski definition) is 4. The van der Waals surface area contributed by atoms with E-state index in [4.69, 9.17) is 5.26 Å². The van der Waals surface area contributed by atoms with E-state index in [0.29, 0.717) is 17.6 Å². The largest absolute Gasteiger partial charge is 0.347 e. The first kappa shape index (κ1) is 12.0. The van der Waals surface area contributed by atoms with Gasteiger partial charge in [-0.05, 0) is 25.0 Å². The molecule has 98 valence electrons. The van der Waals surface area contributed by atoms with E-state index in [1.807, 2.05) is 11.0 Å². The SMILES string of the molecule is CC(=O)N1CC2CCC(C1)N2c1ccc(C#N)cn1. The summed E-state index contributed by atoms with van der Waals surface area (Å²) < 4.78 is 0. The van der Waals surface area contributed by atoms with E-state index in [0.717, 1.165) is 31.7 Å². The van der Waals surface area contributed by atoms with Crippen LogP contribution in [-0.4, -0.2) is 41.0 Å². The fourth-order valence-electron chi connectivity index (χ4n) is 3.14. The number of nitriles is 1. The minimum atomic E-state index is 0.157. The van der Waals surface area contributed by atoms with Crippen LogP contribution >= 0.6 is 0 Å². The zero-order valence-corrected chi connectivity index (χ0v) is 10.9. The summed E-state index contributed by atoms with van der Waals surface area (Å²) in [5.41, 5.74) is 0.582. The first-order valence-electron chi connectivity index (χ1n) is 6.59. The quantitative estimate of drug-likeness (QED) is 0.756. The van der Waals surface area contributed by atoms with E-state index in [1.165, 1.54) is 0 Å². The minimum Gasteiger partial charge on any atom is -0.347 e. The second-order valence-electron chi connectivity index (χ2n) is 5.23. The van der Waals surface area contributed by atoms with E-state index in [9.17, 15) is 4.79 Å². The van der Waals surface area contributed by atoms with Gasteiger partial charge in [-0.2, -0.15) is 5.26 Å². The number of carbonyl (C=O) groups is 1. The second-order valence-corrected chi connectivity index (χ2v) is 5.23. The molecule has 0 aliphatic carbocycles. The maximum absolute atomic E-state index is 11.5. The molecular formula is C14H16N4O. The monoisotopic (exact) mass is 256 g/mol. The Kier molecular flexibility index (Phi) is 2.86. The molecule has 19 heavy (non-hydrogen) atoms. The smallest absolute Gasteiger partial charge is 0.219 e. The fourth-order valence-corrected chi connectivity index (χ4v) is 3.14. The van der Waals surface area contributed by atoms with Crippen LogP contribution in [0.25, 0.3) is 0 Å². The number of anilines is 1. The minimum absolute atomic E-state index is 0.157. The van der Waals surface area contributed by atoms with Crippen molar-refractivity contribution < 1.29 is 4.79 Å². The van der Waals surface area contributed by atoms with Gasteiger partial charge in [0.05, 0.1) is 5.56 Å². The maximum Gasteiger partial charge on any atom is 0.219 e. The predicted octanol–water partition coefficient (Wildman–Crippen LogP) is 1.15. The van der Waals surface area contributed by atoms with Gasteiger partial charge in [0.2, 0.25) is 5.91 Å². The van der Waals surface area contributed by atoms with E-state index >= 15 is 0 Å². The van der Waals surface area contributed by atoms with Gasteiger partial charge in [0.25, 0.3) is 0 Å². The highest BCUT2D eigenvalue weighted by Gasteiger charge is 2.41. The summed E-state index contributed by atoms with van der Waals surface area (Å²) >= 11 is 0. The van der Waals surface area contributed by atoms with Crippen molar-refractivity contribution in [2.75, 3.05) is 18.0 Å². The van der Waals surface area contributed by atoms with Crippen molar-refractivity contribution in [3.05, 3.63) is 23.9 Å². The number of rotatable bonds is 1. The molecule has 3 heterocycles. The van der Waals surface area contributed by atoms with Crippen LogP contribution < -0.4 is 4.90 Å². The summed E-state index contributed by atoms with van der Waals surface area (Å²) in [4.78, 5) is 20.1. The molecule has 0 N–H and O–H groups in total. The topological polar surface area (TPSA) is 60.2 Å². The first-order chi connectivity index (χ1) is 9.19. The Bertz CT molecular complexity index is 519. The molecule has 2 unspecified atom stereocenters. The third kappa shape index (κ3) is 2.03. The highest BCUT2D eigenvalue weighted by molar-refractivity contribution is 5.74. The lowest BCUT2D eigenvalue weighted by Crippen LogP contribution is -2.55. The predicted molar refractivity (Wildman–Crippen MR) is 70.5 cm³/mol. The van der Waals surface area contributed by atoms with Gasteiger partial charge in [0, 0.05) is 38.3 Å². The summed E-state index contributed by atoms with van der Waals surface area (Å²) in [7, 11) is 0. The number of likely N-dealkylation sites (tertiary alicyclic amines) is 1. The Balaban J connectivity index is 1.83. The molecule has 0 radical (unpaired) electrons. The Morgan fingerprint density at radius 2 is 2.05 bits per heavy atom. The fraction of sp³-hybridized carbons (Fsp3) is 0.500. The van der Waals surface area contributed by atoms with Crippen LogP contribution in [-0.2, 0) is 4.79 Å². The van der Waals surface area contributed by atoms with Crippen molar-refractivity contribution in [3.8, 4) is 6.07 Å². The molecule has 0 spiro atoms. The zero-order chi connectivity index (χ0) is 13.4. The Hall–Kier alpha value is -2.09. The molecule has 5 heteroatoms. The number of aromatic nitrogens is 1. The van der Waals surface area contributed by atoms with E-state index in [1.54, 1.807) is 19.2 Å². The lowest BCUT2D eigenvalue weighted by Gasteiger charge is -2.41. The number of fused-ring (bicyclic) bond motifs is 2. The van der Waals surface area contributed by atoms with Crippen molar-refractivity contribution in [3.63, 3.8) is 0 Å². The molecule has 0 aromatic carbocycles. The van der Waals surface area contributed by atoms with Gasteiger partial charge >= 0.3 is 0 Å². The van der Waals surface area contributed by atoms with Crippen LogP contribution in [0.15, 0.2) is 18.3 Å². The van der Waals surface area contributed by atoms with Gasteiger partial charge in [-0.3, -0.25) is 4.79 Å². The summed E-state index contributed by atoms with van der Waals surface area (Å²) in [5.74, 6) is 1.08. The van der Waals surface area contributed by atoms with Crippen LogP contribution in [0.4, 0.5) is 5.82 Å². The highest BCUT2D eigenvalue weighted by Crippen LogP contribution is 2.33. The van der Waals surface area contributed by atoms with Crippen molar-refractivity contribution in [1.29, 1.82) is 5.26 Å². The third-order valence-corrected chi connectivity index (χ3v) is 4.07. The summed E-state index contributed by atoms with van der Waals surface area (Å²) in [6, 6.07) is 6.53. The van der Waals surface area contributed by atoms with E-state index < -0.39 is 0 Å². The van der Waals surface area contributed by atoms with Crippen LogP contribution in [0.5, 0.6) is 0 Å². The molecule has 2 aliphatic heterocycles. The number of hydrogen-bond donors (Lipinski definition) is 0. The van der Waals surface area contributed by atoms with Crippen molar-refractivity contribution in [1.82, 2.24) is 9.88 Å². The lowest BCUT2D eigenvalue weighted by molar-refractivity contribution is -0.129. The van der Waals surface area contributed by atoms with Gasteiger partial charge in [-0.1, -0.05) is 0 Å². The van der Waals surface area contributed by atoms with Crippen LogP contribution in [0.2, 0.25) is 0 Å². The molecule has 5 nitrogen and oxygen atoms in total. The standard InChI is InChI=1S/C14H16N4O/c1-10(19)17-8-12-3-4-13(9-17)18(12)14-5-2-11(6-15)7-16-14/h2,5,7,12-13H,3-4,8-9H2,1H3. The van der Waals surface area contributed by atoms with Gasteiger partial charge in [0.15, 0.2) is 0 Å². The second kappa shape index (κ2) is 4.54. The molecule has 2 atom stereocenters. The van der Waals surface area contributed by atoms with Crippen molar-refractivity contribution in [2.24, 2.45) is 0 Å². The zero-order valence-electron chi connectivity index (χ0n) is 10.9. The van der Waals surface area contributed by atoms with Gasteiger partial charge in [-0.15, -0.1) is 0 Å². The first-order valence-corrected chi connectivity index (χ1v) is 6.59. The third-order valence-electron chi connectivity index (χ3n) is 4.07. The molecule has 2 saturated heterocycles. The van der Waals surface area contributed by atoms with Gasteiger partial charge in [-0.25, -0.2) is 4.98 Å². The molecule has 1 aromatic rings. The van der Waals surface area contributed by atoms with Crippen molar-refractivity contribution >= 4 is 11.7 Å². The van der Waals surface area contributed by atoms with E-state index in [-0.39, 0.29) is 5.91 Å².